The van der Waals surface area contributed by atoms with Crippen molar-refractivity contribution in [3.05, 3.63) is 29.6 Å². The molecular formula is C18H28FNO. The van der Waals surface area contributed by atoms with Crippen LogP contribution in [0.3, 0.4) is 0 Å². The predicted octanol–water partition coefficient (Wildman–Crippen LogP) is 4.99. The molecule has 1 heterocycles. The molecule has 0 saturated heterocycles. The van der Waals surface area contributed by atoms with Crippen LogP contribution in [0.4, 0.5) is 4.39 Å². The second-order valence-electron chi connectivity index (χ2n) is 6.09. The molecule has 0 spiro atoms. The third-order valence-electron chi connectivity index (χ3n) is 4.71. The Morgan fingerprint density at radius 2 is 2.00 bits per heavy atom. The predicted molar refractivity (Wildman–Crippen MR) is 85.2 cm³/mol. The Balaban J connectivity index is 2.19. The first kappa shape index (κ1) is 16.3. The van der Waals surface area contributed by atoms with E-state index in [1.807, 2.05) is 0 Å². The average Bonchev–Trinajstić information content (AvgIpc) is 2.51. The van der Waals surface area contributed by atoms with E-state index < -0.39 is 0 Å². The molecule has 21 heavy (non-hydrogen) atoms. The summed E-state index contributed by atoms with van der Waals surface area (Å²) < 4.78 is 19.8. The SMILES string of the molecule is CCCCCNC1CC(CC)(CC)Oc2ccc(F)cc21. The maximum absolute atomic E-state index is 13.6. The monoisotopic (exact) mass is 293 g/mol. The van der Waals surface area contributed by atoms with Crippen molar-refractivity contribution in [1.29, 1.82) is 0 Å². The van der Waals surface area contributed by atoms with Crippen LogP contribution in [0.5, 0.6) is 5.75 Å². The van der Waals surface area contributed by atoms with E-state index in [0.717, 1.165) is 37.1 Å². The topological polar surface area (TPSA) is 21.3 Å². The molecule has 0 aromatic heterocycles. The highest BCUT2D eigenvalue weighted by Crippen LogP contribution is 2.42. The quantitative estimate of drug-likeness (QED) is 0.715. The first-order valence-electron chi connectivity index (χ1n) is 8.36. The van der Waals surface area contributed by atoms with Gasteiger partial charge in [-0.15, -0.1) is 0 Å². The smallest absolute Gasteiger partial charge is 0.125 e. The molecule has 2 rings (SSSR count). The van der Waals surface area contributed by atoms with Gasteiger partial charge in [0.2, 0.25) is 0 Å². The summed E-state index contributed by atoms with van der Waals surface area (Å²) in [4.78, 5) is 0. The van der Waals surface area contributed by atoms with Crippen LogP contribution in [0, 0.1) is 5.82 Å². The molecule has 1 atom stereocenters. The number of unbranched alkanes of at least 4 members (excludes halogenated alkanes) is 2. The molecule has 0 bridgehead atoms. The van der Waals surface area contributed by atoms with Gasteiger partial charge in [-0.05, 0) is 44.0 Å². The molecule has 118 valence electrons. The second-order valence-corrected chi connectivity index (χ2v) is 6.09. The molecular weight excluding hydrogens is 265 g/mol. The van der Waals surface area contributed by atoms with Gasteiger partial charge in [0, 0.05) is 18.0 Å². The van der Waals surface area contributed by atoms with E-state index in [9.17, 15) is 4.39 Å². The second kappa shape index (κ2) is 7.26. The molecule has 1 aliphatic heterocycles. The number of ether oxygens (including phenoxy) is 1. The maximum atomic E-state index is 13.6. The lowest BCUT2D eigenvalue weighted by atomic mass is 9.83. The van der Waals surface area contributed by atoms with Crippen molar-refractivity contribution >= 4 is 0 Å². The van der Waals surface area contributed by atoms with Crippen LogP contribution < -0.4 is 10.1 Å². The van der Waals surface area contributed by atoms with Gasteiger partial charge in [-0.1, -0.05) is 33.6 Å². The van der Waals surface area contributed by atoms with Crippen LogP contribution >= 0.6 is 0 Å². The Morgan fingerprint density at radius 3 is 2.67 bits per heavy atom. The Kier molecular flexibility index (Phi) is 5.63. The molecule has 0 radical (unpaired) electrons. The van der Waals surface area contributed by atoms with Crippen LogP contribution in [0.25, 0.3) is 0 Å². The minimum atomic E-state index is -0.182. The number of fused-ring (bicyclic) bond motifs is 1. The number of nitrogens with one attached hydrogen (secondary N) is 1. The van der Waals surface area contributed by atoms with Gasteiger partial charge in [-0.3, -0.25) is 0 Å². The van der Waals surface area contributed by atoms with Gasteiger partial charge in [0.15, 0.2) is 0 Å². The minimum Gasteiger partial charge on any atom is -0.487 e. The van der Waals surface area contributed by atoms with Gasteiger partial charge < -0.3 is 10.1 Å². The number of hydrogen-bond acceptors (Lipinski definition) is 2. The van der Waals surface area contributed by atoms with E-state index >= 15 is 0 Å². The van der Waals surface area contributed by atoms with Crippen molar-refractivity contribution in [3.63, 3.8) is 0 Å². The zero-order chi connectivity index (χ0) is 15.3. The van der Waals surface area contributed by atoms with E-state index in [0.29, 0.717) is 0 Å². The lowest BCUT2D eigenvalue weighted by molar-refractivity contribution is 0.0226. The fourth-order valence-corrected chi connectivity index (χ4v) is 3.16. The third-order valence-corrected chi connectivity index (χ3v) is 4.71. The largest absolute Gasteiger partial charge is 0.487 e. The normalized spacial score (nSPS) is 19.9. The molecule has 0 fully saturated rings. The first-order valence-corrected chi connectivity index (χ1v) is 8.36. The lowest BCUT2D eigenvalue weighted by Gasteiger charge is -2.42. The average molecular weight is 293 g/mol. The molecule has 1 aromatic carbocycles. The van der Waals surface area contributed by atoms with E-state index in [4.69, 9.17) is 4.74 Å². The van der Waals surface area contributed by atoms with E-state index in [1.54, 1.807) is 12.1 Å². The van der Waals surface area contributed by atoms with Crippen molar-refractivity contribution in [2.75, 3.05) is 6.54 Å². The summed E-state index contributed by atoms with van der Waals surface area (Å²) in [5.41, 5.74) is 0.858. The highest BCUT2D eigenvalue weighted by molar-refractivity contribution is 5.39. The zero-order valence-electron chi connectivity index (χ0n) is 13.5. The molecule has 1 unspecified atom stereocenters. The van der Waals surface area contributed by atoms with E-state index in [-0.39, 0.29) is 17.5 Å². The number of hydrogen-bond donors (Lipinski definition) is 1. The summed E-state index contributed by atoms with van der Waals surface area (Å²) in [5, 5.41) is 3.62. The first-order chi connectivity index (χ1) is 10.1. The summed E-state index contributed by atoms with van der Waals surface area (Å²) in [6, 6.07) is 5.10. The number of benzene rings is 1. The van der Waals surface area contributed by atoms with Crippen LogP contribution in [-0.2, 0) is 0 Å². The molecule has 0 amide bonds. The van der Waals surface area contributed by atoms with Gasteiger partial charge in [0.1, 0.15) is 17.2 Å². The Bertz CT molecular complexity index is 457. The van der Waals surface area contributed by atoms with Crippen molar-refractivity contribution in [2.45, 2.75) is 70.9 Å². The molecule has 2 nitrogen and oxygen atoms in total. The lowest BCUT2D eigenvalue weighted by Crippen LogP contribution is -2.43. The molecule has 1 aliphatic rings. The molecule has 1 N–H and O–H groups in total. The van der Waals surface area contributed by atoms with Crippen molar-refractivity contribution in [2.24, 2.45) is 0 Å². The van der Waals surface area contributed by atoms with Crippen LogP contribution in [0.15, 0.2) is 18.2 Å². The standard InChI is InChI=1S/C18H28FNO/c1-4-7-8-11-20-16-13-18(5-2,6-3)21-17-10-9-14(19)12-15(16)17/h9-10,12,16,20H,4-8,11,13H2,1-3H3. The Morgan fingerprint density at radius 1 is 1.24 bits per heavy atom. The molecule has 3 heteroatoms. The molecule has 0 saturated carbocycles. The van der Waals surface area contributed by atoms with E-state index in [1.165, 1.54) is 25.3 Å². The van der Waals surface area contributed by atoms with Crippen molar-refractivity contribution < 1.29 is 9.13 Å². The van der Waals surface area contributed by atoms with Gasteiger partial charge in [-0.25, -0.2) is 4.39 Å². The highest BCUT2D eigenvalue weighted by Gasteiger charge is 2.38. The van der Waals surface area contributed by atoms with Crippen LogP contribution in [-0.4, -0.2) is 12.1 Å². The summed E-state index contributed by atoms with van der Waals surface area (Å²) in [7, 11) is 0. The van der Waals surface area contributed by atoms with Gasteiger partial charge in [0.05, 0.1) is 0 Å². The Hall–Kier alpha value is -1.09. The van der Waals surface area contributed by atoms with Crippen LogP contribution in [0.1, 0.15) is 70.9 Å². The zero-order valence-corrected chi connectivity index (χ0v) is 13.5. The van der Waals surface area contributed by atoms with Gasteiger partial charge >= 0.3 is 0 Å². The van der Waals surface area contributed by atoms with Gasteiger partial charge in [-0.2, -0.15) is 0 Å². The van der Waals surface area contributed by atoms with E-state index in [2.05, 4.69) is 26.1 Å². The summed E-state index contributed by atoms with van der Waals surface area (Å²) in [5.74, 6) is 0.664. The van der Waals surface area contributed by atoms with Gasteiger partial charge in [0.25, 0.3) is 0 Å². The minimum absolute atomic E-state index is 0.118. The fourth-order valence-electron chi connectivity index (χ4n) is 3.16. The molecule has 0 aliphatic carbocycles. The summed E-state index contributed by atoms with van der Waals surface area (Å²) in [6.07, 6.45) is 6.50. The maximum Gasteiger partial charge on any atom is 0.125 e. The van der Waals surface area contributed by atoms with Crippen molar-refractivity contribution in [1.82, 2.24) is 5.32 Å². The van der Waals surface area contributed by atoms with Crippen molar-refractivity contribution in [3.8, 4) is 5.75 Å². The third kappa shape index (κ3) is 3.76. The molecule has 1 aromatic rings. The summed E-state index contributed by atoms with van der Waals surface area (Å²) >= 11 is 0. The fraction of sp³-hybridized carbons (Fsp3) is 0.667. The summed E-state index contributed by atoms with van der Waals surface area (Å²) in [6.45, 7) is 7.54. The van der Waals surface area contributed by atoms with Crippen LogP contribution in [0.2, 0.25) is 0 Å². The number of rotatable bonds is 7. The highest BCUT2D eigenvalue weighted by atomic mass is 19.1. The Labute approximate surface area is 128 Å². The number of halogens is 1.